The molecule has 0 aliphatic heterocycles. The summed E-state index contributed by atoms with van der Waals surface area (Å²) in [6, 6.07) is 0. The van der Waals surface area contributed by atoms with Crippen LogP contribution in [0.2, 0.25) is 17.4 Å². The molecule has 0 nitrogen and oxygen atoms in total. The van der Waals surface area contributed by atoms with Crippen LogP contribution in [0.15, 0.2) is 0 Å². The molecule has 39 valence electrons. The van der Waals surface area contributed by atoms with Gasteiger partial charge in [-0.3, -0.25) is 0 Å². The molecule has 0 aliphatic carbocycles. The molecule has 0 heterocycles. The molecule has 0 fully saturated rings. The molecule has 0 atom stereocenters. The van der Waals surface area contributed by atoms with E-state index >= 15 is 0 Å². The third kappa shape index (κ3) is 142. The third-order valence-electron chi connectivity index (χ3n) is 0. The van der Waals surface area contributed by atoms with Crippen LogP contribution in [0.5, 0.6) is 0 Å². The molecule has 0 spiro atoms. The zero-order valence-electron chi connectivity index (χ0n) is 5.99. The van der Waals surface area contributed by atoms with E-state index in [0.717, 1.165) is 0 Å². The second kappa shape index (κ2) is 15.7. The van der Waals surface area contributed by atoms with E-state index in [1.807, 2.05) is 0 Å². The van der Waals surface area contributed by atoms with Crippen LogP contribution in [0.3, 0.4) is 0 Å². The van der Waals surface area contributed by atoms with Crippen LogP contribution in [0.25, 0.3) is 0 Å². The molecule has 0 unspecified atom stereocenters. The molecule has 0 N–H and O–H groups in total. The topological polar surface area (TPSA) is 0 Å². The van der Waals surface area contributed by atoms with Crippen molar-refractivity contribution >= 4 is 14.1 Å². The molecule has 0 amide bonds. The molecule has 0 saturated carbocycles. The Morgan fingerprint density at radius 3 is 1.00 bits per heavy atom. The summed E-state index contributed by atoms with van der Waals surface area (Å²) in [7, 11) is 0. The molecule has 0 aliphatic rings. The second-order valence-corrected chi connectivity index (χ2v) is 5.20. The first-order chi connectivity index (χ1) is 2.73. The fourth-order valence-corrected chi connectivity index (χ4v) is 0. The Morgan fingerprint density at radius 2 is 1.00 bits per heavy atom. The normalized spacial score (nSPS) is 4.71. The average molecular weight is 167 g/mol. The largest absolute Gasteiger partial charge is 0.251 e. The zero-order chi connectivity index (χ0) is 5.58. The maximum atomic E-state index is 3.25. The second-order valence-electron chi connectivity index (χ2n) is 1.73. The van der Waals surface area contributed by atoms with Crippen molar-refractivity contribution in [3.05, 3.63) is 6.92 Å². The quantitative estimate of drug-likeness (QED) is 0.484. The van der Waals surface area contributed by atoms with Crippen LogP contribution in [-0.2, 0) is 19.5 Å². The Kier molecular flexibility index (Phi) is 35.2. The van der Waals surface area contributed by atoms with E-state index in [4.69, 9.17) is 0 Å². The van der Waals surface area contributed by atoms with E-state index in [9.17, 15) is 0 Å². The SMILES string of the molecule is [CH2]C.[CH3][Al]([CH3])[CH3].[Zn]. The predicted molar refractivity (Wildman–Crippen MR) is 34.4 cm³/mol. The predicted octanol–water partition coefficient (Wildman–Crippen LogP) is 2.21. The van der Waals surface area contributed by atoms with Crippen molar-refractivity contribution in [1.82, 2.24) is 0 Å². The van der Waals surface area contributed by atoms with Crippen LogP contribution in [0, 0.1) is 6.92 Å². The van der Waals surface area contributed by atoms with Gasteiger partial charge in [0.2, 0.25) is 0 Å². The number of hydrogen-bond donors (Lipinski definition) is 0. The smallest absolute Gasteiger partial charge is 0.106 e. The van der Waals surface area contributed by atoms with Crippen LogP contribution < -0.4 is 0 Å². The minimum absolute atomic E-state index is 0. The number of hydrogen-bond acceptors (Lipinski definition) is 0. The zero-order valence-corrected chi connectivity index (χ0v) is 10.1. The van der Waals surface area contributed by atoms with Gasteiger partial charge in [-0.2, -0.15) is 0 Å². The van der Waals surface area contributed by atoms with Crippen molar-refractivity contribution in [3.63, 3.8) is 0 Å². The molecule has 7 heavy (non-hydrogen) atoms. The monoisotopic (exact) mass is 165 g/mol. The Labute approximate surface area is 64.8 Å². The molecular formula is C5H14AlZn. The van der Waals surface area contributed by atoms with Gasteiger partial charge in [-0.15, -0.1) is 17.4 Å². The fraction of sp³-hybridized carbons (Fsp3) is 0.800. The van der Waals surface area contributed by atoms with Crippen LogP contribution in [0.4, 0.5) is 0 Å². The van der Waals surface area contributed by atoms with Crippen molar-refractivity contribution < 1.29 is 19.5 Å². The Morgan fingerprint density at radius 1 is 1.00 bits per heavy atom. The van der Waals surface area contributed by atoms with Crippen LogP contribution in [0.1, 0.15) is 6.92 Å². The van der Waals surface area contributed by atoms with Gasteiger partial charge >= 0.3 is 0 Å². The molecule has 0 bridgehead atoms. The van der Waals surface area contributed by atoms with Gasteiger partial charge in [-0.1, -0.05) is 13.8 Å². The molecule has 1 radical (unpaired) electrons. The number of rotatable bonds is 0. The van der Waals surface area contributed by atoms with E-state index in [0.29, 0.717) is 0 Å². The van der Waals surface area contributed by atoms with Crippen LogP contribution in [-0.4, -0.2) is 14.1 Å². The summed E-state index contributed by atoms with van der Waals surface area (Å²) in [6.45, 7) is 5.00. The molecule has 0 saturated heterocycles. The van der Waals surface area contributed by atoms with E-state index in [2.05, 4.69) is 24.3 Å². The van der Waals surface area contributed by atoms with Gasteiger partial charge in [0.25, 0.3) is 14.1 Å². The molecule has 0 rings (SSSR count). The maximum absolute atomic E-state index is 3.25. The Balaban J connectivity index is -0.0000000480. The summed E-state index contributed by atoms with van der Waals surface area (Å²) in [5.41, 5.74) is 0. The van der Waals surface area contributed by atoms with Gasteiger partial charge in [-0.25, -0.2) is 0 Å². The van der Waals surface area contributed by atoms with E-state index in [1.165, 1.54) is 0 Å². The van der Waals surface area contributed by atoms with Gasteiger partial charge in [-0.05, 0) is 0 Å². The van der Waals surface area contributed by atoms with Crippen molar-refractivity contribution in [2.24, 2.45) is 0 Å². The van der Waals surface area contributed by atoms with Crippen molar-refractivity contribution in [1.29, 1.82) is 0 Å². The van der Waals surface area contributed by atoms with E-state index < -0.39 is 0 Å². The third-order valence-corrected chi connectivity index (χ3v) is 0. The van der Waals surface area contributed by atoms with Gasteiger partial charge in [0.05, 0.1) is 0 Å². The standard InChI is InChI=1S/C2H5.3CH3.Al.Zn/c1-2;;;;;/h1H2,2H3;3*1H3;;. The molecule has 2 heteroatoms. The first kappa shape index (κ1) is 15.7. The summed E-state index contributed by atoms with van der Waals surface area (Å²) in [5, 5.41) is 0. The van der Waals surface area contributed by atoms with Gasteiger partial charge in [0.1, 0.15) is 0 Å². The average Bonchev–Trinajstić information content (AvgIpc) is 1.41. The minimum atomic E-state index is -0.139. The Hall–Kier alpha value is 1.16. The summed E-state index contributed by atoms with van der Waals surface area (Å²) in [4.78, 5) is 0. The van der Waals surface area contributed by atoms with E-state index in [1.54, 1.807) is 6.92 Å². The van der Waals surface area contributed by atoms with Gasteiger partial charge in [0.15, 0.2) is 0 Å². The van der Waals surface area contributed by atoms with E-state index in [-0.39, 0.29) is 33.6 Å². The molecular weight excluding hydrogens is 152 g/mol. The summed E-state index contributed by atoms with van der Waals surface area (Å²) in [5.74, 6) is 6.92. The molecule has 0 aromatic rings. The summed E-state index contributed by atoms with van der Waals surface area (Å²) < 4.78 is 0. The van der Waals surface area contributed by atoms with Crippen molar-refractivity contribution in [2.75, 3.05) is 0 Å². The van der Waals surface area contributed by atoms with Crippen LogP contribution >= 0.6 is 0 Å². The van der Waals surface area contributed by atoms with Crippen molar-refractivity contribution in [2.45, 2.75) is 24.3 Å². The first-order valence-electron chi connectivity index (χ1n) is 2.44. The first-order valence-corrected chi connectivity index (χ1v) is 5.90. The van der Waals surface area contributed by atoms with Gasteiger partial charge < -0.3 is 0 Å². The fourth-order valence-electron chi connectivity index (χ4n) is 0. The summed E-state index contributed by atoms with van der Waals surface area (Å²) in [6.07, 6.45) is 0. The maximum Gasteiger partial charge on any atom is 0.251 e. The Bertz CT molecular complexity index is 12.8. The summed E-state index contributed by atoms with van der Waals surface area (Å²) >= 11 is -0.139. The molecule has 0 aromatic carbocycles. The molecule has 0 aromatic heterocycles. The minimum Gasteiger partial charge on any atom is -0.106 e. The van der Waals surface area contributed by atoms with Crippen molar-refractivity contribution in [3.8, 4) is 0 Å². The van der Waals surface area contributed by atoms with Gasteiger partial charge in [0, 0.05) is 19.5 Å².